The molecule has 1 heterocycles. The zero-order chi connectivity index (χ0) is 17.1. The van der Waals surface area contributed by atoms with Crippen molar-refractivity contribution in [2.24, 2.45) is 5.92 Å². The minimum Gasteiger partial charge on any atom is -0.338 e. The third-order valence-electron chi connectivity index (χ3n) is 4.47. The fourth-order valence-corrected chi connectivity index (χ4v) is 3.31. The van der Waals surface area contributed by atoms with Crippen molar-refractivity contribution in [1.82, 2.24) is 4.90 Å². The first-order valence-electron chi connectivity index (χ1n) is 8.20. The number of benzene rings is 2. The normalized spacial score (nSPS) is 17.6. The standard InChI is InChI=1S/C20H20ClNO2/c1-14-4-2-5-16(12-14)20(24)22-11-3-6-17(13-22)19(23)15-7-9-18(21)10-8-15/h2,4-5,7-10,12,17H,3,6,11,13H2,1H3. The summed E-state index contributed by atoms with van der Waals surface area (Å²) in [5.41, 5.74) is 2.41. The van der Waals surface area contributed by atoms with E-state index in [1.54, 1.807) is 29.2 Å². The minimum absolute atomic E-state index is 0.00676. The molecule has 0 aliphatic carbocycles. The number of rotatable bonds is 3. The lowest BCUT2D eigenvalue weighted by molar-refractivity contribution is 0.0637. The Morgan fingerprint density at radius 2 is 1.83 bits per heavy atom. The van der Waals surface area contributed by atoms with Crippen molar-refractivity contribution in [2.75, 3.05) is 13.1 Å². The first-order chi connectivity index (χ1) is 11.5. The first-order valence-corrected chi connectivity index (χ1v) is 8.58. The molecule has 4 heteroatoms. The van der Waals surface area contributed by atoms with Crippen molar-refractivity contribution in [3.8, 4) is 0 Å². The molecule has 24 heavy (non-hydrogen) atoms. The maximum absolute atomic E-state index is 12.7. The molecule has 1 aliphatic heterocycles. The molecule has 1 unspecified atom stereocenters. The highest BCUT2D eigenvalue weighted by Gasteiger charge is 2.29. The Morgan fingerprint density at radius 1 is 1.08 bits per heavy atom. The molecule has 1 saturated heterocycles. The molecule has 1 atom stereocenters. The average Bonchev–Trinajstić information content (AvgIpc) is 2.61. The van der Waals surface area contributed by atoms with Gasteiger partial charge in [0.1, 0.15) is 0 Å². The van der Waals surface area contributed by atoms with Crippen LogP contribution in [0.1, 0.15) is 39.1 Å². The van der Waals surface area contributed by atoms with Crippen LogP contribution >= 0.6 is 11.6 Å². The summed E-state index contributed by atoms with van der Waals surface area (Å²) in [6.45, 7) is 3.16. The number of likely N-dealkylation sites (tertiary alicyclic amines) is 1. The lowest BCUT2D eigenvalue weighted by Crippen LogP contribution is -2.42. The molecular weight excluding hydrogens is 322 g/mol. The third kappa shape index (κ3) is 3.68. The number of carbonyl (C=O) groups excluding carboxylic acids is 2. The Balaban J connectivity index is 1.73. The number of hydrogen-bond acceptors (Lipinski definition) is 2. The largest absolute Gasteiger partial charge is 0.338 e. The lowest BCUT2D eigenvalue weighted by Gasteiger charge is -2.32. The molecule has 0 aromatic heterocycles. The number of piperidine rings is 1. The highest BCUT2D eigenvalue weighted by atomic mass is 35.5. The van der Waals surface area contributed by atoms with Crippen molar-refractivity contribution in [3.63, 3.8) is 0 Å². The van der Waals surface area contributed by atoms with E-state index in [2.05, 4.69) is 0 Å². The van der Waals surface area contributed by atoms with E-state index in [1.807, 2.05) is 31.2 Å². The van der Waals surface area contributed by atoms with Crippen LogP contribution in [-0.4, -0.2) is 29.7 Å². The summed E-state index contributed by atoms with van der Waals surface area (Å²) < 4.78 is 0. The summed E-state index contributed by atoms with van der Waals surface area (Å²) in [5, 5.41) is 0.617. The van der Waals surface area contributed by atoms with Crippen LogP contribution in [0.3, 0.4) is 0 Å². The second-order valence-corrected chi connectivity index (χ2v) is 6.77. The molecule has 0 saturated carbocycles. The van der Waals surface area contributed by atoms with Crippen LogP contribution < -0.4 is 0 Å². The van der Waals surface area contributed by atoms with E-state index in [0.717, 1.165) is 18.4 Å². The van der Waals surface area contributed by atoms with Gasteiger partial charge in [-0.2, -0.15) is 0 Å². The van der Waals surface area contributed by atoms with Crippen molar-refractivity contribution in [3.05, 3.63) is 70.2 Å². The Kier molecular flexibility index (Phi) is 5.00. The van der Waals surface area contributed by atoms with Gasteiger partial charge in [-0.1, -0.05) is 29.3 Å². The molecule has 1 amide bonds. The molecule has 3 rings (SSSR count). The molecule has 0 spiro atoms. The quantitative estimate of drug-likeness (QED) is 0.777. The lowest BCUT2D eigenvalue weighted by atomic mass is 9.89. The van der Waals surface area contributed by atoms with Gasteiger partial charge in [0.15, 0.2) is 5.78 Å². The first kappa shape index (κ1) is 16.7. The summed E-state index contributed by atoms with van der Waals surface area (Å²) >= 11 is 5.88. The summed E-state index contributed by atoms with van der Waals surface area (Å²) in [6.07, 6.45) is 1.67. The molecule has 0 bridgehead atoms. The SMILES string of the molecule is Cc1cccc(C(=O)N2CCCC(C(=O)c3ccc(Cl)cc3)C2)c1. The second kappa shape index (κ2) is 7.18. The van der Waals surface area contributed by atoms with Gasteiger partial charge in [-0.25, -0.2) is 0 Å². The highest BCUT2D eigenvalue weighted by molar-refractivity contribution is 6.30. The van der Waals surface area contributed by atoms with Gasteiger partial charge in [-0.15, -0.1) is 0 Å². The Labute approximate surface area is 147 Å². The van der Waals surface area contributed by atoms with Gasteiger partial charge in [0.05, 0.1) is 0 Å². The van der Waals surface area contributed by atoms with Gasteiger partial charge in [-0.05, 0) is 56.2 Å². The zero-order valence-electron chi connectivity index (χ0n) is 13.7. The highest BCUT2D eigenvalue weighted by Crippen LogP contribution is 2.23. The molecule has 124 valence electrons. The average molecular weight is 342 g/mol. The van der Waals surface area contributed by atoms with Gasteiger partial charge in [0.2, 0.25) is 0 Å². The van der Waals surface area contributed by atoms with Gasteiger partial charge >= 0.3 is 0 Å². The number of nitrogens with zero attached hydrogens (tertiary/aromatic N) is 1. The monoisotopic (exact) mass is 341 g/mol. The molecule has 2 aromatic carbocycles. The number of amides is 1. The molecule has 3 nitrogen and oxygen atoms in total. The summed E-state index contributed by atoms with van der Waals surface area (Å²) in [4.78, 5) is 27.2. The number of aryl methyl sites for hydroxylation is 1. The predicted molar refractivity (Wildman–Crippen MR) is 95.6 cm³/mol. The molecule has 0 radical (unpaired) electrons. The molecule has 2 aromatic rings. The van der Waals surface area contributed by atoms with E-state index in [-0.39, 0.29) is 17.6 Å². The van der Waals surface area contributed by atoms with E-state index in [0.29, 0.717) is 29.2 Å². The van der Waals surface area contributed by atoms with Crippen LogP contribution in [0.15, 0.2) is 48.5 Å². The number of carbonyl (C=O) groups is 2. The minimum atomic E-state index is -0.145. The van der Waals surface area contributed by atoms with E-state index < -0.39 is 0 Å². The van der Waals surface area contributed by atoms with Gasteiger partial charge in [0, 0.05) is 35.2 Å². The fraction of sp³-hybridized carbons (Fsp3) is 0.300. The van der Waals surface area contributed by atoms with Gasteiger partial charge in [-0.3, -0.25) is 9.59 Å². The van der Waals surface area contributed by atoms with Crippen LogP contribution in [0.5, 0.6) is 0 Å². The number of ketones is 1. The fourth-order valence-electron chi connectivity index (χ4n) is 3.19. The zero-order valence-corrected chi connectivity index (χ0v) is 14.4. The summed E-state index contributed by atoms with van der Waals surface area (Å²) in [6, 6.07) is 14.6. The maximum atomic E-state index is 12.7. The van der Waals surface area contributed by atoms with Crippen LogP contribution in [-0.2, 0) is 0 Å². The number of hydrogen-bond donors (Lipinski definition) is 0. The van der Waals surface area contributed by atoms with Crippen molar-refractivity contribution >= 4 is 23.3 Å². The smallest absolute Gasteiger partial charge is 0.253 e. The van der Waals surface area contributed by atoms with Crippen molar-refractivity contribution in [1.29, 1.82) is 0 Å². The van der Waals surface area contributed by atoms with E-state index in [9.17, 15) is 9.59 Å². The van der Waals surface area contributed by atoms with Crippen LogP contribution in [0.4, 0.5) is 0 Å². The van der Waals surface area contributed by atoms with Crippen LogP contribution in [0.2, 0.25) is 5.02 Å². The number of Topliss-reactive ketones (excluding diaryl/α,β-unsaturated/α-hetero) is 1. The molecule has 1 fully saturated rings. The Morgan fingerprint density at radius 3 is 2.54 bits per heavy atom. The molecule has 1 aliphatic rings. The third-order valence-corrected chi connectivity index (χ3v) is 4.73. The van der Waals surface area contributed by atoms with Crippen LogP contribution in [0.25, 0.3) is 0 Å². The topological polar surface area (TPSA) is 37.4 Å². The summed E-state index contributed by atoms with van der Waals surface area (Å²) in [7, 11) is 0. The predicted octanol–water partition coefficient (Wildman–Crippen LogP) is 4.38. The van der Waals surface area contributed by atoms with Crippen molar-refractivity contribution in [2.45, 2.75) is 19.8 Å². The Bertz CT molecular complexity index is 754. The molecular formula is C20H20ClNO2. The van der Waals surface area contributed by atoms with E-state index >= 15 is 0 Å². The van der Waals surface area contributed by atoms with Gasteiger partial charge < -0.3 is 4.90 Å². The van der Waals surface area contributed by atoms with Crippen molar-refractivity contribution < 1.29 is 9.59 Å². The van der Waals surface area contributed by atoms with Gasteiger partial charge in [0.25, 0.3) is 5.91 Å². The second-order valence-electron chi connectivity index (χ2n) is 6.33. The maximum Gasteiger partial charge on any atom is 0.253 e. The Hall–Kier alpha value is -2.13. The van der Waals surface area contributed by atoms with Crippen LogP contribution in [0, 0.1) is 12.8 Å². The summed E-state index contributed by atoms with van der Waals surface area (Å²) in [5.74, 6) is -0.0469. The number of halogens is 1. The van der Waals surface area contributed by atoms with E-state index in [4.69, 9.17) is 11.6 Å². The van der Waals surface area contributed by atoms with E-state index in [1.165, 1.54) is 0 Å². The molecule has 0 N–H and O–H groups in total.